The van der Waals surface area contributed by atoms with Gasteiger partial charge in [-0.1, -0.05) is 23.9 Å². The SMILES string of the molecule is Cc1c(-c2cc(Sc3ccccc3C#N)c3c(C#N)cnn3c2)cnn1C1CCC(NS(C)=O)CC1. The summed E-state index contributed by atoms with van der Waals surface area (Å²) in [5.74, 6) is 0. The van der Waals surface area contributed by atoms with Crippen molar-refractivity contribution in [1.82, 2.24) is 24.1 Å². The Labute approximate surface area is 216 Å². The zero-order valence-corrected chi connectivity index (χ0v) is 21.6. The van der Waals surface area contributed by atoms with Crippen LogP contribution in [0.15, 0.2) is 58.7 Å². The van der Waals surface area contributed by atoms with Gasteiger partial charge in [-0.2, -0.15) is 20.7 Å². The first-order chi connectivity index (χ1) is 17.5. The van der Waals surface area contributed by atoms with Crippen molar-refractivity contribution in [2.75, 3.05) is 6.26 Å². The van der Waals surface area contributed by atoms with Gasteiger partial charge in [0.1, 0.15) is 12.1 Å². The van der Waals surface area contributed by atoms with Crippen molar-refractivity contribution in [1.29, 1.82) is 10.5 Å². The molecule has 36 heavy (non-hydrogen) atoms. The zero-order valence-electron chi connectivity index (χ0n) is 20.0. The van der Waals surface area contributed by atoms with Crippen LogP contribution in [0.1, 0.15) is 48.5 Å². The van der Waals surface area contributed by atoms with Gasteiger partial charge in [0, 0.05) is 45.1 Å². The zero-order chi connectivity index (χ0) is 25.2. The summed E-state index contributed by atoms with van der Waals surface area (Å²) in [6.07, 6.45) is 11.0. The quantitative estimate of drug-likeness (QED) is 0.396. The number of nitrogens with one attached hydrogen (secondary N) is 1. The minimum absolute atomic E-state index is 0.287. The highest BCUT2D eigenvalue weighted by Gasteiger charge is 2.25. The van der Waals surface area contributed by atoms with Gasteiger partial charge in [-0.15, -0.1) is 0 Å². The summed E-state index contributed by atoms with van der Waals surface area (Å²) < 4.78 is 18.5. The van der Waals surface area contributed by atoms with Gasteiger partial charge in [-0.3, -0.25) is 4.68 Å². The molecule has 10 heteroatoms. The molecule has 1 atom stereocenters. The number of nitriles is 2. The van der Waals surface area contributed by atoms with E-state index in [4.69, 9.17) is 5.10 Å². The van der Waals surface area contributed by atoms with E-state index in [1.54, 1.807) is 23.0 Å². The van der Waals surface area contributed by atoms with Gasteiger partial charge in [-0.05, 0) is 50.8 Å². The lowest BCUT2D eigenvalue weighted by molar-refractivity contribution is 0.292. The molecule has 0 spiro atoms. The first-order valence-electron chi connectivity index (χ1n) is 11.7. The van der Waals surface area contributed by atoms with Crippen LogP contribution < -0.4 is 4.72 Å². The second-order valence-corrected chi connectivity index (χ2v) is 11.2. The van der Waals surface area contributed by atoms with Crippen molar-refractivity contribution in [3.8, 4) is 23.3 Å². The van der Waals surface area contributed by atoms with E-state index in [9.17, 15) is 14.7 Å². The Kier molecular flexibility index (Phi) is 6.92. The number of fused-ring (bicyclic) bond motifs is 1. The Morgan fingerprint density at radius 1 is 1.06 bits per heavy atom. The van der Waals surface area contributed by atoms with E-state index in [0.29, 0.717) is 17.2 Å². The molecule has 1 fully saturated rings. The van der Waals surface area contributed by atoms with Gasteiger partial charge >= 0.3 is 0 Å². The number of benzene rings is 1. The molecule has 5 rings (SSSR count). The van der Waals surface area contributed by atoms with Gasteiger partial charge in [0.05, 0.1) is 46.1 Å². The van der Waals surface area contributed by atoms with E-state index in [2.05, 4.69) is 39.6 Å². The Hall–Kier alpha value is -3.44. The first kappa shape index (κ1) is 24.3. The maximum absolute atomic E-state index is 11.5. The van der Waals surface area contributed by atoms with Crippen LogP contribution in [0.3, 0.4) is 0 Å². The smallest absolute Gasteiger partial charge is 0.103 e. The highest BCUT2D eigenvalue weighted by Crippen LogP contribution is 2.38. The number of rotatable bonds is 6. The molecule has 1 aliphatic carbocycles. The van der Waals surface area contributed by atoms with Crippen LogP contribution in [0.2, 0.25) is 0 Å². The molecule has 3 heterocycles. The van der Waals surface area contributed by atoms with Crippen molar-refractivity contribution in [2.24, 2.45) is 0 Å². The fraction of sp³-hybridized carbons (Fsp3) is 0.308. The third-order valence-corrected chi connectivity index (χ3v) is 8.43. The molecular weight excluding hydrogens is 490 g/mol. The minimum atomic E-state index is -0.995. The van der Waals surface area contributed by atoms with Gasteiger partial charge in [0.2, 0.25) is 0 Å². The monoisotopic (exact) mass is 515 g/mol. The molecule has 0 amide bonds. The van der Waals surface area contributed by atoms with Gasteiger partial charge in [0.25, 0.3) is 0 Å². The number of hydrogen-bond donors (Lipinski definition) is 1. The van der Waals surface area contributed by atoms with Crippen LogP contribution in [0.5, 0.6) is 0 Å². The molecule has 0 radical (unpaired) electrons. The third kappa shape index (κ3) is 4.68. The summed E-state index contributed by atoms with van der Waals surface area (Å²) in [5, 5.41) is 28.4. The van der Waals surface area contributed by atoms with Crippen molar-refractivity contribution in [2.45, 2.75) is 54.5 Å². The van der Waals surface area contributed by atoms with E-state index >= 15 is 0 Å². The molecule has 8 nitrogen and oxygen atoms in total. The Morgan fingerprint density at radius 3 is 2.53 bits per heavy atom. The van der Waals surface area contributed by atoms with Crippen LogP contribution in [0.4, 0.5) is 0 Å². The molecule has 182 valence electrons. The van der Waals surface area contributed by atoms with Crippen molar-refractivity contribution >= 4 is 28.3 Å². The molecule has 1 aliphatic rings. The summed E-state index contributed by atoms with van der Waals surface area (Å²) in [6, 6.07) is 14.6. The van der Waals surface area contributed by atoms with Crippen LogP contribution in [0.25, 0.3) is 16.6 Å². The molecule has 3 aromatic heterocycles. The molecule has 1 unspecified atom stereocenters. The minimum Gasteiger partial charge on any atom is -0.266 e. The number of pyridine rings is 1. The average Bonchev–Trinajstić information content (AvgIpc) is 3.48. The maximum Gasteiger partial charge on any atom is 0.103 e. The van der Waals surface area contributed by atoms with Crippen LogP contribution in [0, 0.1) is 29.6 Å². The first-order valence-corrected chi connectivity index (χ1v) is 14.1. The number of aromatic nitrogens is 4. The molecule has 0 aliphatic heterocycles. The molecule has 1 aromatic carbocycles. The lowest BCUT2D eigenvalue weighted by Gasteiger charge is -2.29. The normalized spacial score (nSPS) is 18.6. The summed E-state index contributed by atoms with van der Waals surface area (Å²) in [6.45, 7) is 2.08. The van der Waals surface area contributed by atoms with Crippen LogP contribution in [-0.2, 0) is 11.0 Å². The summed E-state index contributed by atoms with van der Waals surface area (Å²) >= 11 is 1.46. The molecule has 1 N–H and O–H groups in total. The lowest BCUT2D eigenvalue weighted by Crippen LogP contribution is -2.34. The maximum atomic E-state index is 11.5. The van der Waals surface area contributed by atoms with E-state index in [1.807, 2.05) is 30.6 Å². The molecule has 4 aromatic rings. The van der Waals surface area contributed by atoms with Gasteiger partial charge in [-0.25, -0.2) is 13.4 Å². The van der Waals surface area contributed by atoms with E-state index in [0.717, 1.165) is 57.8 Å². The van der Waals surface area contributed by atoms with Crippen LogP contribution in [-0.4, -0.2) is 35.9 Å². The number of nitrogens with zero attached hydrogens (tertiary/aromatic N) is 6. The van der Waals surface area contributed by atoms with Crippen molar-refractivity contribution < 1.29 is 4.21 Å². The van der Waals surface area contributed by atoms with Crippen molar-refractivity contribution in [3.63, 3.8) is 0 Å². The fourth-order valence-corrected chi connectivity index (χ4v) is 6.70. The van der Waals surface area contributed by atoms with Crippen LogP contribution >= 0.6 is 11.8 Å². The highest BCUT2D eigenvalue weighted by atomic mass is 32.2. The summed E-state index contributed by atoms with van der Waals surface area (Å²) in [5.41, 5.74) is 4.84. The van der Waals surface area contributed by atoms with Gasteiger partial charge in [0.15, 0.2) is 0 Å². The Morgan fingerprint density at radius 2 is 1.81 bits per heavy atom. The van der Waals surface area contributed by atoms with Gasteiger partial charge < -0.3 is 0 Å². The second kappa shape index (κ2) is 10.3. The second-order valence-electron chi connectivity index (χ2n) is 8.93. The van der Waals surface area contributed by atoms with Crippen molar-refractivity contribution in [3.05, 3.63) is 65.7 Å². The average molecular weight is 516 g/mol. The summed E-state index contributed by atoms with van der Waals surface area (Å²) in [7, 11) is -0.995. The fourth-order valence-electron chi connectivity index (χ4n) is 4.91. The molecular formula is C26H25N7OS2. The predicted molar refractivity (Wildman–Crippen MR) is 140 cm³/mol. The predicted octanol–water partition coefficient (Wildman–Crippen LogP) is 4.77. The van der Waals surface area contributed by atoms with E-state index in [1.165, 1.54) is 11.8 Å². The Balaban J connectivity index is 1.50. The third-order valence-electron chi connectivity index (χ3n) is 6.66. The number of hydrogen-bond acceptors (Lipinski definition) is 6. The topological polar surface area (TPSA) is 112 Å². The summed E-state index contributed by atoms with van der Waals surface area (Å²) in [4.78, 5) is 1.69. The molecule has 0 bridgehead atoms. The molecule has 1 saturated carbocycles. The lowest BCUT2D eigenvalue weighted by atomic mass is 9.91. The van der Waals surface area contributed by atoms with E-state index < -0.39 is 11.0 Å². The standard InChI is InChI=1S/C26H25N7OS2/c1-17-23(15-30-33(17)22-9-7-21(8-10-22)31-36(2)34)19-11-25(26-20(13-28)14-29-32(26)16-19)35-24-6-4-3-5-18(24)12-27/h3-6,11,14-16,21-22,31H,7-10H2,1-2H3. The highest BCUT2D eigenvalue weighted by molar-refractivity contribution is 7.99. The van der Waals surface area contributed by atoms with E-state index in [-0.39, 0.29) is 6.04 Å². The molecule has 0 saturated heterocycles. The Bertz CT molecular complexity index is 1530. The largest absolute Gasteiger partial charge is 0.266 e.